The molecule has 0 fully saturated rings. The van der Waals surface area contributed by atoms with Crippen LogP contribution in [0.15, 0.2) is 30.6 Å². The van der Waals surface area contributed by atoms with Crippen molar-refractivity contribution in [1.29, 1.82) is 0 Å². The van der Waals surface area contributed by atoms with Crippen LogP contribution in [0.5, 0.6) is 0 Å². The van der Waals surface area contributed by atoms with E-state index in [1.807, 2.05) is 18.2 Å². The molecule has 0 amide bonds. The van der Waals surface area contributed by atoms with Gasteiger partial charge in [-0.25, -0.2) is 9.97 Å². The van der Waals surface area contributed by atoms with Crippen LogP contribution in [0, 0.1) is 0 Å². The Labute approximate surface area is 117 Å². The maximum absolute atomic E-state index is 6.17. The number of nitrogens with two attached hydrogens (primary N) is 1. The number of para-hydroxylation sites is 2. The summed E-state index contributed by atoms with van der Waals surface area (Å²) in [6.45, 7) is 3.11. The fourth-order valence-corrected chi connectivity index (χ4v) is 2.44. The van der Waals surface area contributed by atoms with Crippen LogP contribution in [0.2, 0.25) is 0 Å². The van der Waals surface area contributed by atoms with Crippen LogP contribution in [-0.4, -0.2) is 24.7 Å². The minimum absolute atomic E-state index is 0.218. The maximum atomic E-state index is 6.17. The highest BCUT2D eigenvalue weighted by molar-refractivity contribution is 5.75. The standard InChI is InChI=1S/C14H18N6/c1-2-7-20-12-6-4-3-5-11(12)18-13(20)8-10(15)14-16-9-17-19-14/h3-6,9-10H,2,7-8,15H2,1H3,(H,16,17,19). The Hall–Kier alpha value is -2.21. The molecule has 0 aliphatic heterocycles. The first-order valence-electron chi connectivity index (χ1n) is 6.84. The second-order valence-corrected chi connectivity index (χ2v) is 4.85. The molecule has 0 bridgehead atoms. The van der Waals surface area contributed by atoms with Crippen LogP contribution in [0.1, 0.15) is 31.0 Å². The van der Waals surface area contributed by atoms with E-state index in [-0.39, 0.29) is 6.04 Å². The fourth-order valence-electron chi connectivity index (χ4n) is 2.44. The number of rotatable bonds is 5. The van der Waals surface area contributed by atoms with E-state index >= 15 is 0 Å². The number of fused-ring (bicyclic) bond motifs is 1. The van der Waals surface area contributed by atoms with E-state index in [9.17, 15) is 0 Å². The van der Waals surface area contributed by atoms with Crippen LogP contribution in [0.3, 0.4) is 0 Å². The molecular formula is C14H18N6. The largest absolute Gasteiger partial charge is 0.328 e. The van der Waals surface area contributed by atoms with Gasteiger partial charge in [0.15, 0.2) is 0 Å². The average molecular weight is 270 g/mol. The number of nitrogens with zero attached hydrogens (tertiary/aromatic N) is 4. The second-order valence-electron chi connectivity index (χ2n) is 4.85. The van der Waals surface area contributed by atoms with Gasteiger partial charge in [0.25, 0.3) is 0 Å². The highest BCUT2D eigenvalue weighted by Crippen LogP contribution is 2.19. The summed E-state index contributed by atoms with van der Waals surface area (Å²) in [6.07, 6.45) is 3.18. The van der Waals surface area contributed by atoms with Crippen LogP contribution in [0.25, 0.3) is 11.0 Å². The first-order valence-corrected chi connectivity index (χ1v) is 6.84. The van der Waals surface area contributed by atoms with Crippen molar-refractivity contribution in [3.8, 4) is 0 Å². The SMILES string of the molecule is CCCn1c(CC(N)c2ncn[nH]2)nc2ccccc21. The first-order chi connectivity index (χ1) is 9.79. The van der Waals surface area contributed by atoms with Gasteiger partial charge < -0.3 is 10.3 Å². The number of hydrogen-bond acceptors (Lipinski definition) is 4. The highest BCUT2D eigenvalue weighted by atomic mass is 15.2. The summed E-state index contributed by atoms with van der Waals surface area (Å²) in [7, 11) is 0. The Morgan fingerprint density at radius 2 is 2.20 bits per heavy atom. The van der Waals surface area contributed by atoms with E-state index in [0.29, 0.717) is 12.2 Å². The molecule has 0 spiro atoms. The van der Waals surface area contributed by atoms with Gasteiger partial charge in [-0.3, -0.25) is 5.10 Å². The summed E-state index contributed by atoms with van der Waals surface area (Å²) < 4.78 is 2.24. The molecule has 6 nitrogen and oxygen atoms in total. The van der Waals surface area contributed by atoms with Crippen molar-refractivity contribution < 1.29 is 0 Å². The van der Waals surface area contributed by atoms with Crippen molar-refractivity contribution in [2.24, 2.45) is 5.73 Å². The zero-order valence-corrected chi connectivity index (χ0v) is 11.5. The number of benzene rings is 1. The van der Waals surface area contributed by atoms with Crippen LogP contribution >= 0.6 is 0 Å². The van der Waals surface area contributed by atoms with Crippen LogP contribution < -0.4 is 5.73 Å². The van der Waals surface area contributed by atoms with E-state index in [0.717, 1.165) is 29.8 Å². The summed E-state index contributed by atoms with van der Waals surface area (Å²) in [5.41, 5.74) is 8.35. The predicted octanol–water partition coefficient (Wildman–Crippen LogP) is 1.81. The number of imidazole rings is 1. The third-order valence-corrected chi connectivity index (χ3v) is 3.37. The van der Waals surface area contributed by atoms with Gasteiger partial charge in [0.1, 0.15) is 18.0 Å². The molecule has 2 heterocycles. The first kappa shape index (κ1) is 12.8. The van der Waals surface area contributed by atoms with E-state index in [4.69, 9.17) is 10.7 Å². The summed E-state index contributed by atoms with van der Waals surface area (Å²) >= 11 is 0. The Kier molecular flexibility index (Phi) is 3.47. The third kappa shape index (κ3) is 2.30. The zero-order chi connectivity index (χ0) is 13.9. The van der Waals surface area contributed by atoms with Gasteiger partial charge >= 0.3 is 0 Å². The number of aromatic nitrogens is 5. The summed E-state index contributed by atoms with van der Waals surface area (Å²) in [5, 5.41) is 6.66. The molecule has 2 aromatic heterocycles. The van der Waals surface area contributed by atoms with Gasteiger partial charge in [-0.15, -0.1) is 0 Å². The smallest absolute Gasteiger partial charge is 0.141 e. The molecule has 3 rings (SSSR count). The number of aromatic amines is 1. The summed E-state index contributed by atoms with van der Waals surface area (Å²) in [4.78, 5) is 8.82. The molecule has 0 radical (unpaired) electrons. The molecule has 6 heteroatoms. The summed E-state index contributed by atoms with van der Waals surface area (Å²) in [5.74, 6) is 1.69. The minimum atomic E-state index is -0.218. The predicted molar refractivity (Wildman–Crippen MR) is 77.0 cm³/mol. The normalized spacial score (nSPS) is 12.9. The molecule has 0 aliphatic carbocycles. The van der Waals surface area contributed by atoms with E-state index in [2.05, 4.69) is 32.7 Å². The number of aryl methyl sites for hydroxylation is 1. The number of hydrogen-bond donors (Lipinski definition) is 2. The van der Waals surface area contributed by atoms with Crippen molar-refractivity contribution >= 4 is 11.0 Å². The Morgan fingerprint density at radius 3 is 2.95 bits per heavy atom. The molecule has 3 aromatic rings. The molecule has 1 unspecified atom stereocenters. The molecule has 1 aromatic carbocycles. The molecule has 0 saturated carbocycles. The van der Waals surface area contributed by atoms with E-state index in [1.54, 1.807) is 0 Å². The molecular weight excluding hydrogens is 252 g/mol. The molecule has 0 aliphatic rings. The van der Waals surface area contributed by atoms with Crippen molar-refractivity contribution in [2.75, 3.05) is 0 Å². The molecule has 1 atom stereocenters. The number of nitrogens with one attached hydrogen (secondary N) is 1. The quantitative estimate of drug-likeness (QED) is 0.740. The monoisotopic (exact) mass is 270 g/mol. The maximum Gasteiger partial charge on any atom is 0.141 e. The summed E-state index contributed by atoms with van der Waals surface area (Å²) in [6, 6.07) is 7.96. The molecule has 0 saturated heterocycles. The Bertz CT molecular complexity index is 685. The van der Waals surface area contributed by atoms with Crippen molar-refractivity contribution in [2.45, 2.75) is 32.4 Å². The third-order valence-electron chi connectivity index (χ3n) is 3.37. The molecule has 20 heavy (non-hydrogen) atoms. The van der Waals surface area contributed by atoms with Crippen LogP contribution in [0.4, 0.5) is 0 Å². The Morgan fingerprint density at radius 1 is 1.35 bits per heavy atom. The van der Waals surface area contributed by atoms with Gasteiger partial charge in [0.05, 0.1) is 17.1 Å². The van der Waals surface area contributed by atoms with Gasteiger partial charge in [0.2, 0.25) is 0 Å². The Balaban J connectivity index is 1.96. The lowest BCUT2D eigenvalue weighted by molar-refractivity contribution is 0.593. The van der Waals surface area contributed by atoms with Crippen molar-refractivity contribution in [1.82, 2.24) is 24.7 Å². The average Bonchev–Trinajstić information content (AvgIpc) is 3.08. The molecule has 3 N–H and O–H groups in total. The van der Waals surface area contributed by atoms with E-state index in [1.165, 1.54) is 6.33 Å². The van der Waals surface area contributed by atoms with Crippen LogP contribution in [-0.2, 0) is 13.0 Å². The van der Waals surface area contributed by atoms with Gasteiger partial charge in [-0.1, -0.05) is 19.1 Å². The second kappa shape index (κ2) is 5.42. The lowest BCUT2D eigenvalue weighted by Crippen LogP contribution is -2.18. The van der Waals surface area contributed by atoms with Gasteiger partial charge in [0, 0.05) is 13.0 Å². The minimum Gasteiger partial charge on any atom is -0.328 e. The van der Waals surface area contributed by atoms with Crippen molar-refractivity contribution in [3.05, 3.63) is 42.2 Å². The number of H-pyrrole nitrogens is 1. The topological polar surface area (TPSA) is 85.4 Å². The van der Waals surface area contributed by atoms with Gasteiger partial charge in [-0.05, 0) is 18.6 Å². The van der Waals surface area contributed by atoms with Gasteiger partial charge in [-0.2, -0.15) is 5.10 Å². The fraction of sp³-hybridized carbons (Fsp3) is 0.357. The zero-order valence-electron chi connectivity index (χ0n) is 11.5. The van der Waals surface area contributed by atoms with Crippen molar-refractivity contribution in [3.63, 3.8) is 0 Å². The van der Waals surface area contributed by atoms with E-state index < -0.39 is 0 Å². The lowest BCUT2D eigenvalue weighted by atomic mass is 10.2. The lowest BCUT2D eigenvalue weighted by Gasteiger charge is -2.11. The molecule has 104 valence electrons. The highest BCUT2D eigenvalue weighted by Gasteiger charge is 2.16.